The second-order valence-corrected chi connectivity index (χ2v) is 6.21. The SMILES string of the molecule is CN(Cc1cnn(C)c1)c1cc(S(N)(=O)=O)ccc1N. The van der Waals surface area contributed by atoms with Crippen LogP contribution in [0.25, 0.3) is 0 Å². The average Bonchev–Trinajstić information content (AvgIpc) is 2.73. The van der Waals surface area contributed by atoms with Gasteiger partial charge < -0.3 is 10.6 Å². The molecule has 0 unspecified atom stereocenters. The van der Waals surface area contributed by atoms with Crippen molar-refractivity contribution in [2.75, 3.05) is 17.7 Å². The van der Waals surface area contributed by atoms with Crippen LogP contribution in [0, 0.1) is 0 Å². The summed E-state index contributed by atoms with van der Waals surface area (Å²) < 4.78 is 24.5. The number of aromatic nitrogens is 2. The molecule has 0 bridgehead atoms. The first-order valence-corrected chi connectivity index (χ1v) is 7.43. The van der Waals surface area contributed by atoms with Gasteiger partial charge in [-0.3, -0.25) is 4.68 Å². The van der Waals surface area contributed by atoms with Crippen molar-refractivity contribution in [1.29, 1.82) is 0 Å². The molecule has 0 aliphatic rings. The summed E-state index contributed by atoms with van der Waals surface area (Å²) in [5.41, 5.74) is 7.99. The van der Waals surface area contributed by atoms with E-state index in [1.54, 1.807) is 10.9 Å². The molecule has 20 heavy (non-hydrogen) atoms. The van der Waals surface area contributed by atoms with Crippen molar-refractivity contribution in [2.45, 2.75) is 11.4 Å². The summed E-state index contributed by atoms with van der Waals surface area (Å²) >= 11 is 0. The molecule has 8 heteroatoms. The molecule has 108 valence electrons. The summed E-state index contributed by atoms with van der Waals surface area (Å²) in [6.45, 7) is 0.562. The first-order chi connectivity index (χ1) is 9.27. The highest BCUT2D eigenvalue weighted by Crippen LogP contribution is 2.26. The van der Waals surface area contributed by atoms with Crippen LogP contribution in [0.15, 0.2) is 35.5 Å². The van der Waals surface area contributed by atoms with Crippen LogP contribution in [0.2, 0.25) is 0 Å². The van der Waals surface area contributed by atoms with Crippen LogP contribution >= 0.6 is 0 Å². The van der Waals surface area contributed by atoms with E-state index in [1.807, 2.05) is 25.2 Å². The van der Waals surface area contributed by atoms with E-state index in [2.05, 4.69) is 5.10 Å². The maximum absolute atomic E-state index is 11.4. The number of nitrogens with zero attached hydrogens (tertiary/aromatic N) is 3. The molecule has 2 aromatic rings. The average molecular weight is 295 g/mol. The normalized spacial score (nSPS) is 11.6. The van der Waals surface area contributed by atoms with Gasteiger partial charge in [-0.15, -0.1) is 0 Å². The van der Waals surface area contributed by atoms with Gasteiger partial charge in [0.25, 0.3) is 0 Å². The molecule has 7 nitrogen and oxygen atoms in total. The third-order valence-corrected chi connectivity index (χ3v) is 3.83. The Morgan fingerprint density at radius 3 is 2.65 bits per heavy atom. The van der Waals surface area contributed by atoms with E-state index >= 15 is 0 Å². The van der Waals surface area contributed by atoms with E-state index in [0.29, 0.717) is 17.9 Å². The molecule has 0 aliphatic carbocycles. The number of hydrogen-bond acceptors (Lipinski definition) is 5. The molecule has 1 aromatic carbocycles. The van der Waals surface area contributed by atoms with Gasteiger partial charge in [-0.05, 0) is 18.2 Å². The van der Waals surface area contributed by atoms with E-state index in [9.17, 15) is 8.42 Å². The van der Waals surface area contributed by atoms with Crippen molar-refractivity contribution in [3.63, 3.8) is 0 Å². The molecule has 1 aromatic heterocycles. The largest absolute Gasteiger partial charge is 0.397 e. The Balaban J connectivity index is 2.31. The van der Waals surface area contributed by atoms with Gasteiger partial charge in [0.05, 0.1) is 22.5 Å². The fourth-order valence-electron chi connectivity index (χ4n) is 1.94. The summed E-state index contributed by atoms with van der Waals surface area (Å²) in [6, 6.07) is 4.40. The Hall–Kier alpha value is -2.06. The highest BCUT2D eigenvalue weighted by Gasteiger charge is 2.13. The molecule has 0 fully saturated rings. The number of rotatable bonds is 4. The van der Waals surface area contributed by atoms with Crippen LogP contribution in [-0.4, -0.2) is 25.2 Å². The van der Waals surface area contributed by atoms with Gasteiger partial charge in [-0.2, -0.15) is 5.10 Å². The van der Waals surface area contributed by atoms with E-state index in [-0.39, 0.29) is 4.90 Å². The monoisotopic (exact) mass is 295 g/mol. The molecule has 1 heterocycles. The van der Waals surface area contributed by atoms with Gasteiger partial charge in [-0.25, -0.2) is 13.6 Å². The van der Waals surface area contributed by atoms with Gasteiger partial charge in [0.15, 0.2) is 0 Å². The second-order valence-electron chi connectivity index (χ2n) is 4.64. The zero-order chi connectivity index (χ0) is 14.9. The Morgan fingerprint density at radius 2 is 2.10 bits per heavy atom. The third-order valence-electron chi connectivity index (χ3n) is 2.92. The van der Waals surface area contributed by atoms with Gasteiger partial charge in [0.2, 0.25) is 10.0 Å². The number of hydrogen-bond donors (Lipinski definition) is 2. The molecule has 4 N–H and O–H groups in total. The van der Waals surface area contributed by atoms with Crippen molar-refractivity contribution >= 4 is 21.4 Å². The Bertz CT molecular complexity index is 723. The van der Waals surface area contributed by atoms with Gasteiger partial charge in [-0.1, -0.05) is 0 Å². The maximum atomic E-state index is 11.4. The quantitative estimate of drug-likeness (QED) is 0.788. The van der Waals surface area contributed by atoms with Crippen LogP contribution in [0.5, 0.6) is 0 Å². The Kier molecular flexibility index (Phi) is 3.69. The Labute approximate surface area is 117 Å². The van der Waals surface area contributed by atoms with Crippen molar-refractivity contribution in [2.24, 2.45) is 12.2 Å². The summed E-state index contributed by atoms with van der Waals surface area (Å²) in [6.07, 6.45) is 3.63. The molecule has 0 spiro atoms. The second kappa shape index (κ2) is 5.14. The minimum atomic E-state index is -3.74. The number of sulfonamides is 1. The van der Waals surface area contributed by atoms with Crippen molar-refractivity contribution in [1.82, 2.24) is 9.78 Å². The molecule has 2 rings (SSSR count). The molecule has 0 atom stereocenters. The van der Waals surface area contributed by atoms with E-state index in [4.69, 9.17) is 10.9 Å². The summed E-state index contributed by atoms with van der Waals surface area (Å²) in [5, 5.41) is 9.22. The fourth-order valence-corrected chi connectivity index (χ4v) is 2.48. The van der Waals surface area contributed by atoms with Crippen molar-refractivity contribution < 1.29 is 8.42 Å². The lowest BCUT2D eigenvalue weighted by molar-refractivity contribution is 0.598. The summed E-state index contributed by atoms with van der Waals surface area (Å²) in [7, 11) is -0.0852. The van der Waals surface area contributed by atoms with Gasteiger partial charge in [0, 0.05) is 32.4 Å². The molecule has 0 amide bonds. The van der Waals surface area contributed by atoms with Crippen LogP contribution < -0.4 is 15.8 Å². The summed E-state index contributed by atoms with van der Waals surface area (Å²) in [5.74, 6) is 0. The van der Waals surface area contributed by atoms with E-state index < -0.39 is 10.0 Å². The van der Waals surface area contributed by atoms with Crippen LogP contribution in [0.3, 0.4) is 0 Å². The van der Waals surface area contributed by atoms with Crippen LogP contribution in [-0.2, 0) is 23.6 Å². The predicted octanol–water partition coefficient (Wildman–Crippen LogP) is 0.286. The van der Waals surface area contributed by atoms with Crippen molar-refractivity contribution in [3.05, 3.63) is 36.2 Å². The smallest absolute Gasteiger partial charge is 0.238 e. The van der Waals surface area contributed by atoms with Gasteiger partial charge >= 0.3 is 0 Å². The lowest BCUT2D eigenvalue weighted by Gasteiger charge is -2.21. The molecule has 0 saturated carbocycles. The minimum absolute atomic E-state index is 0.0414. The van der Waals surface area contributed by atoms with E-state index in [0.717, 1.165) is 5.56 Å². The Morgan fingerprint density at radius 1 is 1.40 bits per heavy atom. The van der Waals surface area contributed by atoms with Crippen LogP contribution in [0.4, 0.5) is 11.4 Å². The first-order valence-electron chi connectivity index (χ1n) is 5.88. The lowest BCUT2D eigenvalue weighted by atomic mass is 10.2. The highest BCUT2D eigenvalue weighted by atomic mass is 32.2. The lowest BCUT2D eigenvalue weighted by Crippen LogP contribution is -2.19. The summed E-state index contributed by atoms with van der Waals surface area (Å²) in [4.78, 5) is 1.89. The molecular weight excluding hydrogens is 278 g/mol. The number of anilines is 2. The number of primary sulfonamides is 1. The van der Waals surface area contributed by atoms with E-state index in [1.165, 1.54) is 18.2 Å². The molecular formula is C12H17N5O2S. The zero-order valence-corrected chi connectivity index (χ0v) is 12.1. The topological polar surface area (TPSA) is 107 Å². The zero-order valence-electron chi connectivity index (χ0n) is 11.3. The standard InChI is InChI=1S/C12H17N5O2S/c1-16(7-9-6-15-17(2)8-9)12-5-10(20(14,18)19)3-4-11(12)13/h3-6,8H,7,13H2,1-2H3,(H2,14,18,19). The van der Waals surface area contributed by atoms with Crippen molar-refractivity contribution in [3.8, 4) is 0 Å². The minimum Gasteiger partial charge on any atom is -0.397 e. The number of aryl methyl sites for hydroxylation is 1. The number of benzene rings is 1. The molecule has 0 radical (unpaired) electrons. The number of nitrogens with two attached hydrogens (primary N) is 2. The number of nitrogen functional groups attached to an aromatic ring is 1. The maximum Gasteiger partial charge on any atom is 0.238 e. The fraction of sp³-hybridized carbons (Fsp3) is 0.250. The van der Waals surface area contributed by atoms with Gasteiger partial charge in [0.1, 0.15) is 0 Å². The molecule has 0 aliphatic heterocycles. The third kappa shape index (κ3) is 3.09. The predicted molar refractivity (Wildman–Crippen MR) is 77.5 cm³/mol. The molecule has 0 saturated heterocycles. The highest BCUT2D eigenvalue weighted by molar-refractivity contribution is 7.89. The first kappa shape index (κ1) is 14.4. The van der Waals surface area contributed by atoms with Crippen LogP contribution in [0.1, 0.15) is 5.56 Å².